The number of hydrogen-bond donors (Lipinski definition) is 2. The molecule has 0 atom stereocenters. The summed E-state index contributed by atoms with van der Waals surface area (Å²) >= 11 is 1.02. The van der Waals surface area contributed by atoms with Crippen molar-refractivity contribution < 1.29 is 50.1 Å². The van der Waals surface area contributed by atoms with Crippen molar-refractivity contribution in [3.63, 3.8) is 0 Å². The molecule has 2 aliphatic heterocycles. The number of allylic oxidation sites excluding steroid dienone is 7. The Kier molecular flexibility index (Phi) is 15.4. The Balaban J connectivity index is 1.53. The van der Waals surface area contributed by atoms with Gasteiger partial charge in [-0.3, -0.25) is 4.55 Å². The summed E-state index contributed by atoms with van der Waals surface area (Å²) in [4.78, 5) is 16.8. The van der Waals surface area contributed by atoms with Gasteiger partial charge < -0.3 is 9.64 Å². The van der Waals surface area contributed by atoms with E-state index in [-0.39, 0.29) is 22.8 Å². The zero-order chi connectivity index (χ0) is 47.4. The number of nitrogens with zero attached hydrogens (tertiary/aromatic N) is 3. The van der Waals surface area contributed by atoms with Gasteiger partial charge in [-0.2, -0.15) is 17.3 Å². The Morgan fingerprint density at radius 3 is 2.22 bits per heavy atom. The van der Waals surface area contributed by atoms with Crippen LogP contribution in [0, 0.1) is 6.92 Å². The Bertz CT molecular complexity index is 2640. The van der Waals surface area contributed by atoms with Gasteiger partial charge in [-0.25, -0.2) is 18.5 Å². The van der Waals surface area contributed by atoms with Crippen LogP contribution in [0.25, 0.3) is 0 Å². The summed E-state index contributed by atoms with van der Waals surface area (Å²) in [7, 11) is -8.66. The number of sulfonamides is 1. The molecule has 3 aromatic rings. The molecule has 0 unspecified atom stereocenters. The average molecular weight is 949 g/mol. The third kappa shape index (κ3) is 11.4. The number of amides is 1. The minimum atomic E-state index is -4.55. The normalized spacial score (nSPS) is 18.3. The number of aryl methyl sites for hydroxylation is 1. The number of carbonyl (C=O) groups is 1. The lowest BCUT2D eigenvalue weighted by Gasteiger charge is -2.29. The van der Waals surface area contributed by atoms with Crippen LogP contribution in [0.1, 0.15) is 104 Å². The fourth-order valence-electron chi connectivity index (χ4n) is 8.89. The maximum absolute atomic E-state index is 15.0. The van der Waals surface area contributed by atoms with Crippen LogP contribution in [0.15, 0.2) is 125 Å². The van der Waals surface area contributed by atoms with Crippen LogP contribution in [-0.2, 0) is 45.1 Å². The summed E-state index contributed by atoms with van der Waals surface area (Å²) in [5.74, 6) is 0.266. The lowest BCUT2D eigenvalue weighted by atomic mass is 9.81. The van der Waals surface area contributed by atoms with E-state index in [4.69, 9.17) is 9.99 Å². The molecule has 0 bridgehead atoms. The van der Waals surface area contributed by atoms with E-state index < -0.39 is 42.7 Å². The number of rotatable bonds is 18. The second-order valence-electron chi connectivity index (χ2n) is 18.7. The molecule has 0 spiro atoms. The molecule has 0 fully saturated rings. The first-order valence-corrected chi connectivity index (χ1v) is 25.9. The topological polar surface area (TPSA) is 163 Å². The predicted octanol–water partition coefficient (Wildman–Crippen LogP) is 10.7. The van der Waals surface area contributed by atoms with Crippen molar-refractivity contribution in [3.8, 4) is 0 Å². The van der Waals surface area contributed by atoms with E-state index in [0.29, 0.717) is 49.3 Å². The van der Waals surface area contributed by atoms with Crippen LogP contribution >= 0.6 is 12.0 Å². The van der Waals surface area contributed by atoms with Crippen molar-refractivity contribution in [2.45, 2.75) is 115 Å². The highest BCUT2D eigenvalue weighted by Crippen LogP contribution is 2.48. The molecule has 65 heavy (non-hydrogen) atoms. The Hall–Kier alpha value is -4.55. The highest BCUT2D eigenvalue weighted by atomic mass is 32.2. The van der Waals surface area contributed by atoms with Gasteiger partial charge in [0.1, 0.15) is 12.1 Å². The van der Waals surface area contributed by atoms with Crippen molar-refractivity contribution in [1.82, 2.24) is 4.31 Å². The van der Waals surface area contributed by atoms with Crippen LogP contribution in [-0.4, -0.2) is 77.5 Å². The molecule has 6 rings (SSSR count). The molecule has 0 aromatic heterocycles. The van der Waals surface area contributed by atoms with E-state index in [0.717, 1.165) is 68.7 Å². The van der Waals surface area contributed by atoms with Crippen molar-refractivity contribution in [2.75, 3.05) is 29.5 Å². The zero-order valence-electron chi connectivity index (χ0n) is 38.5. The van der Waals surface area contributed by atoms with Crippen molar-refractivity contribution in [2.24, 2.45) is 0 Å². The molecule has 0 saturated carbocycles. The van der Waals surface area contributed by atoms with Crippen molar-refractivity contribution in [3.05, 3.63) is 136 Å². The Morgan fingerprint density at radius 1 is 0.862 bits per heavy atom. The average Bonchev–Trinajstić information content (AvgIpc) is 3.79. The third-order valence-corrected chi connectivity index (χ3v) is 15.1. The van der Waals surface area contributed by atoms with Crippen molar-refractivity contribution in [1.29, 1.82) is 0 Å². The van der Waals surface area contributed by atoms with Crippen LogP contribution in [0.2, 0.25) is 0 Å². The summed E-state index contributed by atoms with van der Waals surface area (Å²) in [6, 6.07) is 22.7. The molecule has 0 saturated heterocycles. The largest absolute Gasteiger partial charge is 0.443 e. The number of anilines is 1. The molecule has 16 heteroatoms. The maximum Gasteiger partial charge on any atom is 0.429 e. The first-order valence-electron chi connectivity index (χ1n) is 21.9. The van der Waals surface area contributed by atoms with E-state index in [1.165, 1.54) is 12.1 Å². The molecule has 1 amide bonds. The molecule has 2 N–H and O–H groups in total. The van der Waals surface area contributed by atoms with Crippen LogP contribution < -0.4 is 4.90 Å². The number of fused-ring (bicyclic) bond motifs is 2. The molecule has 1 aliphatic carbocycles. The smallest absolute Gasteiger partial charge is 0.429 e. The summed E-state index contributed by atoms with van der Waals surface area (Å²) in [6.45, 7) is 16.7. The lowest BCUT2D eigenvalue weighted by molar-refractivity contribution is -0.438. The van der Waals surface area contributed by atoms with Gasteiger partial charge in [0, 0.05) is 65.3 Å². The zero-order valence-corrected chi connectivity index (χ0v) is 41.0. The van der Waals surface area contributed by atoms with Crippen LogP contribution in [0.3, 0.4) is 0 Å². The predicted molar refractivity (Wildman–Crippen MR) is 256 cm³/mol. The van der Waals surface area contributed by atoms with E-state index in [9.17, 15) is 17.8 Å². The van der Waals surface area contributed by atoms with Gasteiger partial charge in [0.25, 0.3) is 20.1 Å². The second kappa shape index (κ2) is 20.1. The summed E-state index contributed by atoms with van der Waals surface area (Å²) in [5.41, 5.74) is 6.61. The molecular weight excluding hydrogens is 887 g/mol. The summed E-state index contributed by atoms with van der Waals surface area (Å²) in [6.07, 6.45) is 10.1. The Labute approximate surface area is 389 Å². The van der Waals surface area contributed by atoms with Gasteiger partial charge in [0.2, 0.25) is 5.69 Å². The van der Waals surface area contributed by atoms with E-state index in [1.54, 1.807) is 32.9 Å². The molecule has 0 radical (unpaired) electrons. The first kappa shape index (κ1) is 49.9. The number of ether oxygens (including phenoxy) is 1. The molecule has 3 aromatic carbocycles. The molecule has 13 nitrogen and oxygen atoms in total. The lowest BCUT2D eigenvalue weighted by Crippen LogP contribution is -2.40. The van der Waals surface area contributed by atoms with E-state index in [2.05, 4.69) is 64.7 Å². The maximum atomic E-state index is 15.0. The van der Waals surface area contributed by atoms with Gasteiger partial charge in [0.05, 0.1) is 21.8 Å². The van der Waals surface area contributed by atoms with Gasteiger partial charge in [-0.1, -0.05) is 85.1 Å². The standard InChI is InChI=1S/C49H61N3O10S3/c1-35-21-27-38(28-22-35)65(58,59)52(46(53)60-47(2,3)4)45-36(25-29-43-48(5,6)39-17-9-11-19-41(39)50(43)31-13-15-33-63-62-61-54)23-24-37(45)26-30-44-49(7,8)40-18-10-12-20-42(40)51(44)32-14-16-34-64(55,56)57/h9-12,17-22,25-30H,13-16,23-24,31-34H2,1-8H3,(H-,54,55,56,57)/p+1. The number of carbonyl (C=O) groups excluding carboxylic acids is 1. The fraction of sp³-hybridized carbons (Fsp3) is 0.429. The number of benzene rings is 3. The molecular formula is C49H62N3O10S3+. The minimum absolute atomic E-state index is 0.0557. The van der Waals surface area contributed by atoms with Gasteiger partial charge in [-0.05, 0) is 115 Å². The number of para-hydroxylation sites is 2. The van der Waals surface area contributed by atoms with E-state index in [1.807, 2.05) is 61.6 Å². The van der Waals surface area contributed by atoms with Crippen LogP contribution in [0.4, 0.5) is 16.2 Å². The SMILES string of the molecule is Cc1ccc(S(=O)(=O)N(C(=O)OC(C)(C)C)C2=C(C=CC3=[N+](CCCCS(=O)(=O)O)c4ccccc4C3(C)C)CCC2=CC=C2N(CCCCSOOO)c3ccccc3C2(C)C)cc1. The number of unbranched alkanes of at least 4 members (excludes halogenated alkanes) is 2. The molecule has 350 valence electrons. The quantitative estimate of drug-likeness (QED) is 0.0310. The van der Waals surface area contributed by atoms with Crippen LogP contribution in [0.5, 0.6) is 0 Å². The molecule has 3 aliphatic rings. The molecule has 2 heterocycles. The van der Waals surface area contributed by atoms with E-state index >= 15 is 8.42 Å². The third-order valence-electron chi connectivity index (χ3n) is 12.0. The fourth-order valence-corrected chi connectivity index (χ4v) is 11.3. The number of hydrogen-bond acceptors (Lipinski definition) is 11. The van der Waals surface area contributed by atoms with Gasteiger partial charge in [0.15, 0.2) is 5.71 Å². The second-order valence-corrected chi connectivity index (χ2v) is 22.8. The van der Waals surface area contributed by atoms with Crippen molar-refractivity contribution >= 4 is 55.4 Å². The Morgan fingerprint density at radius 2 is 1.54 bits per heavy atom. The highest BCUT2D eigenvalue weighted by molar-refractivity contribution is 7.94. The summed E-state index contributed by atoms with van der Waals surface area (Å²) in [5, 5.41) is 12.3. The first-order chi connectivity index (χ1) is 30.6. The van der Waals surface area contributed by atoms with Gasteiger partial charge in [-0.15, -0.1) is 4.33 Å². The minimum Gasteiger partial charge on any atom is -0.443 e. The van der Waals surface area contributed by atoms with Gasteiger partial charge >= 0.3 is 6.09 Å². The summed E-state index contributed by atoms with van der Waals surface area (Å²) < 4.78 is 76.1. The monoisotopic (exact) mass is 948 g/mol. The highest BCUT2D eigenvalue weighted by Gasteiger charge is 2.45.